The minimum absolute atomic E-state index is 0.0911. The smallest absolute Gasteiger partial charge is 0.0841 e. The highest BCUT2D eigenvalue weighted by atomic mass is 35.5. The molecule has 18 heavy (non-hydrogen) atoms. The molecular weight excluding hydrogens is 293 g/mol. The Morgan fingerprint density at radius 2 is 2.11 bits per heavy atom. The third-order valence-corrected chi connectivity index (χ3v) is 4.20. The number of alkyl halides is 1. The molecule has 0 aromatic heterocycles. The molecule has 1 aromatic carbocycles. The summed E-state index contributed by atoms with van der Waals surface area (Å²) >= 11 is 18.1. The first-order valence-corrected chi connectivity index (χ1v) is 7.26. The van der Waals surface area contributed by atoms with Crippen LogP contribution in [0.15, 0.2) is 18.2 Å². The molecule has 2 rings (SSSR count). The third-order valence-electron chi connectivity index (χ3n) is 3.00. The van der Waals surface area contributed by atoms with Crippen LogP contribution in [-0.2, 0) is 11.3 Å². The molecule has 0 spiro atoms. The Morgan fingerprint density at radius 1 is 1.33 bits per heavy atom. The number of hydrogen-bond donors (Lipinski definition) is 0. The fourth-order valence-corrected chi connectivity index (χ4v) is 2.82. The lowest BCUT2D eigenvalue weighted by atomic mass is 10.1. The zero-order valence-electron chi connectivity index (χ0n) is 10.2. The van der Waals surface area contributed by atoms with Crippen molar-refractivity contribution in [2.24, 2.45) is 0 Å². The van der Waals surface area contributed by atoms with Crippen molar-refractivity contribution >= 4 is 34.8 Å². The van der Waals surface area contributed by atoms with E-state index in [1.165, 1.54) is 0 Å². The number of ether oxygens (including phenoxy) is 1. The summed E-state index contributed by atoms with van der Waals surface area (Å²) < 4.78 is 5.72. The predicted molar refractivity (Wildman–Crippen MR) is 76.8 cm³/mol. The second kappa shape index (κ2) is 6.44. The van der Waals surface area contributed by atoms with Gasteiger partial charge in [0.05, 0.1) is 22.3 Å². The number of hydrogen-bond acceptors (Lipinski definition) is 2. The largest absolute Gasteiger partial charge is 0.371 e. The van der Waals surface area contributed by atoms with Gasteiger partial charge in [0.15, 0.2) is 0 Å². The van der Waals surface area contributed by atoms with E-state index in [1.54, 1.807) is 6.07 Å². The van der Waals surface area contributed by atoms with Gasteiger partial charge in [0, 0.05) is 25.5 Å². The minimum Gasteiger partial charge on any atom is -0.371 e. The summed E-state index contributed by atoms with van der Waals surface area (Å²) in [5.74, 6) is 0.518. The molecule has 5 heteroatoms. The molecule has 2 unspecified atom stereocenters. The summed E-state index contributed by atoms with van der Waals surface area (Å²) in [5, 5.41) is 1.24. The number of halogens is 3. The van der Waals surface area contributed by atoms with E-state index in [2.05, 4.69) is 11.8 Å². The number of nitrogens with zero attached hydrogens (tertiary/aromatic N) is 1. The molecule has 100 valence electrons. The molecule has 1 heterocycles. The van der Waals surface area contributed by atoms with Gasteiger partial charge in [0.2, 0.25) is 0 Å². The standard InChI is InChI=1S/C13H16Cl3NO/c1-9-6-17(8-11(5-14)18-9)7-10-3-2-4-12(15)13(10)16/h2-4,9,11H,5-8H2,1H3. The van der Waals surface area contributed by atoms with Crippen LogP contribution in [0.5, 0.6) is 0 Å². The van der Waals surface area contributed by atoms with Gasteiger partial charge in [-0.15, -0.1) is 11.6 Å². The van der Waals surface area contributed by atoms with Crippen molar-refractivity contribution in [3.05, 3.63) is 33.8 Å². The summed E-state index contributed by atoms with van der Waals surface area (Å²) in [6.45, 7) is 4.55. The van der Waals surface area contributed by atoms with Crippen LogP contribution in [0.25, 0.3) is 0 Å². The molecule has 0 saturated carbocycles. The summed E-state index contributed by atoms with van der Waals surface area (Å²) in [6, 6.07) is 5.73. The first kappa shape index (κ1) is 14.4. The molecule has 1 saturated heterocycles. The van der Waals surface area contributed by atoms with Crippen molar-refractivity contribution in [1.82, 2.24) is 4.90 Å². The SMILES string of the molecule is CC1CN(Cc2cccc(Cl)c2Cl)CC(CCl)O1. The summed E-state index contributed by atoms with van der Waals surface area (Å²) in [4.78, 5) is 2.30. The number of rotatable bonds is 3. The molecule has 0 radical (unpaired) electrons. The highest BCUT2D eigenvalue weighted by Gasteiger charge is 2.25. The van der Waals surface area contributed by atoms with Crippen molar-refractivity contribution in [2.45, 2.75) is 25.7 Å². The van der Waals surface area contributed by atoms with Gasteiger partial charge >= 0.3 is 0 Å². The van der Waals surface area contributed by atoms with Gasteiger partial charge in [-0.2, -0.15) is 0 Å². The molecule has 0 N–H and O–H groups in total. The molecule has 0 amide bonds. The maximum absolute atomic E-state index is 6.20. The predicted octanol–water partition coefficient (Wildman–Crippen LogP) is 3.82. The van der Waals surface area contributed by atoms with E-state index in [-0.39, 0.29) is 12.2 Å². The van der Waals surface area contributed by atoms with Gasteiger partial charge in [-0.1, -0.05) is 35.3 Å². The van der Waals surface area contributed by atoms with E-state index in [9.17, 15) is 0 Å². The van der Waals surface area contributed by atoms with E-state index in [4.69, 9.17) is 39.5 Å². The Balaban J connectivity index is 2.06. The van der Waals surface area contributed by atoms with Crippen LogP contribution in [0.3, 0.4) is 0 Å². The quantitative estimate of drug-likeness (QED) is 0.787. The van der Waals surface area contributed by atoms with E-state index in [1.807, 2.05) is 12.1 Å². The second-order valence-electron chi connectivity index (χ2n) is 4.63. The molecule has 1 aromatic rings. The van der Waals surface area contributed by atoms with Crippen LogP contribution in [0.2, 0.25) is 10.0 Å². The van der Waals surface area contributed by atoms with Crippen molar-refractivity contribution < 1.29 is 4.74 Å². The minimum atomic E-state index is 0.0911. The first-order valence-electron chi connectivity index (χ1n) is 5.96. The molecule has 2 atom stereocenters. The second-order valence-corrected chi connectivity index (χ2v) is 5.72. The summed E-state index contributed by atoms with van der Waals surface area (Å²) in [6.07, 6.45) is 0.286. The van der Waals surface area contributed by atoms with Gasteiger partial charge in [0.25, 0.3) is 0 Å². The lowest BCUT2D eigenvalue weighted by Gasteiger charge is -2.36. The van der Waals surface area contributed by atoms with Crippen molar-refractivity contribution in [3.8, 4) is 0 Å². The van der Waals surface area contributed by atoms with Crippen molar-refractivity contribution in [3.63, 3.8) is 0 Å². The molecule has 0 bridgehead atoms. The summed E-state index contributed by atoms with van der Waals surface area (Å²) in [7, 11) is 0. The van der Waals surface area contributed by atoms with Crippen LogP contribution in [0, 0.1) is 0 Å². The van der Waals surface area contributed by atoms with E-state index in [0.29, 0.717) is 15.9 Å². The maximum Gasteiger partial charge on any atom is 0.0841 e. The van der Waals surface area contributed by atoms with Gasteiger partial charge < -0.3 is 4.74 Å². The summed E-state index contributed by atoms with van der Waals surface area (Å²) in [5.41, 5.74) is 1.05. The molecule has 2 nitrogen and oxygen atoms in total. The van der Waals surface area contributed by atoms with Gasteiger partial charge in [0.1, 0.15) is 0 Å². The number of morpholine rings is 1. The van der Waals surface area contributed by atoms with Gasteiger partial charge in [-0.25, -0.2) is 0 Å². The van der Waals surface area contributed by atoms with Gasteiger partial charge in [-0.3, -0.25) is 4.90 Å². The average Bonchev–Trinajstić information content (AvgIpc) is 2.34. The highest BCUT2D eigenvalue weighted by molar-refractivity contribution is 6.42. The Morgan fingerprint density at radius 3 is 2.83 bits per heavy atom. The molecule has 1 fully saturated rings. The molecule has 1 aliphatic rings. The fraction of sp³-hybridized carbons (Fsp3) is 0.538. The van der Waals surface area contributed by atoms with Crippen LogP contribution in [-0.4, -0.2) is 36.1 Å². The van der Waals surface area contributed by atoms with E-state index < -0.39 is 0 Å². The zero-order chi connectivity index (χ0) is 13.1. The Bertz CT molecular complexity index is 413. The fourth-order valence-electron chi connectivity index (χ4n) is 2.27. The van der Waals surface area contributed by atoms with Gasteiger partial charge in [-0.05, 0) is 18.6 Å². The third kappa shape index (κ3) is 3.52. The lowest BCUT2D eigenvalue weighted by molar-refractivity contribution is -0.0688. The number of benzene rings is 1. The topological polar surface area (TPSA) is 12.5 Å². The van der Waals surface area contributed by atoms with Crippen molar-refractivity contribution in [1.29, 1.82) is 0 Å². The molecular formula is C13H16Cl3NO. The van der Waals surface area contributed by atoms with E-state index in [0.717, 1.165) is 25.2 Å². The lowest BCUT2D eigenvalue weighted by Crippen LogP contribution is -2.46. The Kier molecular flexibility index (Phi) is 5.16. The van der Waals surface area contributed by atoms with Crippen LogP contribution < -0.4 is 0 Å². The maximum atomic E-state index is 6.20. The molecule has 0 aliphatic carbocycles. The molecule has 1 aliphatic heterocycles. The average molecular weight is 309 g/mol. The monoisotopic (exact) mass is 307 g/mol. The highest BCUT2D eigenvalue weighted by Crippen LogP contribution is 2.27. The van der Waals surface area contributed by atoms with E-state index >= 15 is 0 Å². The van der Waals surface area contributed by atoms with Crippen LogP contribution in [0.1, 0.15) is 12.5 Å². The van der Waals surface area contributed by atoms with Crippen LogP contribution in [0.4, 0.5) is 0 Å². The Hall–Kier alpha value is 0.01000. The Labute approximate surface area is 123 Å². The zero-order valence-corrected chi connectivity index (χ0v) is 12.5. The normalized spacial score (nSPS) is 25.3. The van der Waals surface area contributed by atoms with Crippen LogP contribution >= 0.6 is 34.8 Å². The first-order chi connectivity index (χ1) is 8.60. The van der Waals surface area contributed by atoms with Crippen molar-refractivity contribution in [2.75, 3.05) is 19.0 Å².